The molecule has 0 saturated heterocycles. The van der Waals surface area contributed by atoms with Gasteiger partial charge < -0.3 is 25.2 Å². The molecular formula is C43H72NO10P. The number of aliphatic hydroxyl groups excluding tert-OH is 1. The van der Waals surface area contributed by atoms with Crippen molar-refractivity contribution in [2.45, 2.75) is 161 Å². The lowest BCUT2D eigenvalue weighted by molar-refractivity contribution is -0.147. The zero-order valence-corrected chi connectivity index (χ0v) is 34.6. The first-order valence-corrected chi connectivity index (χ1v) is 22.0. The van der Waals surface area contributed by atoms with Crippen molar-refractivity contribution >= 4 is 25.7 Å². The van der Waals surface area contributed by atoms with Crippen LogP contribution in [0, 0.1) is 0 Å². The molecule has 314 valence electrons. The van der Waals surface area contributed by atoms with E-state index in [-0.39, 0.29) is 12.8 Å². The summed E-state index contributed by atoms with van der Waals surface area (Å²) in [5.74, 6) is -2.47. The Bertz CT molecular complexity index is 1210. The first-order valence-electron chi connectivity index (χ1n) is 20.5. The number of ether oxygens (including phenoxy) is 1. The molecule has 0 fully saturated rings. The SMILES string of the molecule is CC/C=C\C/C=C\C/C=C\C/C=C\C/C=C\C/C=C\CCC(=O)OCC(O)COP(=O)(O)OCC(NC(=O)CCCCCCCCCCCCCC)C(=O)O. The van der Waals surface area contributed by atoms with Crippen molar-refractivity contribution in [3.05, 3.63) is 72.9 Å². The summed E-state index contributed by atoms with van der Waals surface area (Å²) in [5, 5.41) is 21.7. The summed E-state index contributed by atoms with van der Waals surface area (Å²) in [7, 11) is -4.77. The molecule has 3 unspecified atom stereocenters. The van der Waals surface area contributed by atoms with E-state index in [1.807, 2.05) is 18.2 Å². The summed E-state index contributed by atoms with van der Waals surface area (Å²) in [6.45, 7) is 2.37. The Morgan fingerprint density at radius 3 is 1.51 bits per heavy atom. The second kappa shape index (κ2) is 37.8. The number of aliphatic hydroxyl groups is 1. The van der Waals surface area contributed by atoms with E-state index in [4.69, 9.17) is 13.8 Å². The molecule has 11 nitrogen and oxygen atoms in total. The average molecular weight is 794 g/mol. The van der Waals surface area contributed by atoms with Crippen molar-refractivity contribution in [2.24, 2.45) is 0 Å². The standard InChI is InChI=1S/C43H72NO10P/c1-3-5-7-9-11-13-15-17-18-19-20-21-22-23-25-27-29-31-33-35-42(47)52-36-39(45)37-53-55(50,51)54-38-40(43(48)49)44-41(46)34-32-30-28-26-24-16-14-12-10-8-6-4-2/h5,7,11,13,17-18,20-21,23,25,29,31,39-40,45H,3-4,6,8-10,12,14-16,19,22,24,26-28,30,32-38H2,1-2H3,(H,44,46)(H,48,49)(H,50,51)/b7-5-,13-11-,18-17-,21-20-,25-23-,31-29-. The van der Waals surface area contributed by atoms with Crippen LogP contribution in [0.25, 0.3) is 0 Å². The highest BCUT2D eigenvalue weighted by atomic mass is 31.2. The van der Waals surface area contributed by atoms with Gasteiger partial charge in [-0.2, -0.15) is 0 Å². The number of carboxylic acid groups (broad SMARTS) is 1. The maximum atomic E-state index is 12.2. The maximum absolute atomic E-state index is 12.2. The molecule has 0 heterocycles. The van der Waals surface area contributed by atoms with Gasteiger partial charge in [0.1, 0.15) is 12.7 Å². The Morgan fingerprint density at radius 2 is 1.04 bits per heavy atom. The molecule has 0 saturated carbocycles. The van der Waals surface area contributed by atoms with Crippen molar-refractivity contribution in [2.75, 3.05) is 19.8 Å². The molecule has 0 aromatic carbocycles. The van der Waals surface area contributed by atoms with Crippen LogP contribution in [0.15, 0.2) is 72.9 Å². The Balaban J connectivity index is 4.04. The quantitative estimate of drug-likeness (QED) is 0.0206. The van der Waals surface area contributed by atoms with Crippen molar-refractivity contribution in [1.29, 1.82) is 0 Å². The third-order valence-corrected chi connectivity index (χ3v) is 9.22. The molecule has 0 aliphatic heterocycles. The molecule has 0 aliphatic rings. The first kappa shape index (κ1) is 51.9. The highest BCUT2D eigenvalue weighted by Crippen LogP contribution is 2.43. The third-order valence-electron chi connectivity index (χ3n) is 8.27. The van der Waals surface area contributed by atoms with Crippen molar-refractivity contribution < 1.29 is 47.8 Å². The molecule has 3 atom stereocenters. The predicted octanol–water partition coefficient (Wildman–Crippen LogP) is 10.2. The van der Waals surface area contributed by atoms with Gasteiger partial charge in [-0.25, -0.2) is 9.36 Å². The van der Waals surface area contributed by atoms with Crippen LogP contribution in [-0.4, -0.2) is 64.9 Å². The van der Waals surface area contributed by atoms with Crippen molar-refractivity contribution in [1.82, 2.24) is 5.32 Å². The number of rotatable bonds is 37. The normalized spacial score (nSPS) is 14.5. The summed E-state index contributed by atoms with van der Waals surface area (Å²) in [5.41, 5.74) is 0. The van der Waals surface area contributed by atoms with Gasteiger partial charge in [0.05, 0.1) is 13.2 Å². The number of phosphoric acid groups is 1. The van der Waals surface area contributed by atoms with E-state index in [0.717, 1.165) is 57.8 Å². The number of nitrogens with one attached hydrogen (secondary N) is 1. The fourth-order valence-electron chi connectivity index (χ4n) is 5.10. The largest absolute Gasteiger partial charge is 0.480 e. The lowest BCUT2D eigenvalue weighted by Crippen LogP contribution is -2.43. The Hall–Kier alpha value is -3.08. The van der Waals surface area contributed by atoms with Crippen molar-refractivity contribution in [3.8, 4) is 0 Å². The minimum absolute atomic E-state index is 0.0962. The molecule has 0 bridgehead atoms. The second-order valence-electron chi connectivity index (χ2n) is 13.4. The average Bonchev–Trinajstić information content (AvgIpc) is 3.16. The summed E-state index contributed by atoms with van der Waals surface area (Å²) in [6, 6.07) is -1.55. The molecule has 55 heavy (non-hydrogen) atoms. The van der Waals surface area contributed by atoms with E-state index in [1.54, 1.807) is 0 Å². The van der Waals surface area contributed by atoms with Gasteiger partial charge in [-0.3, -0.25) is 18.6 Å². The van der Waals surface area contributed by atoms with Crippen LogP contribution in [0.2, 0.25) is 0 Å². The van der Waals surface area contributed by atoms with Crippen LogP contribution in [-0.2, 0) is 32.7 Å². The van der Waals surface area contributed by atoms with Crippen LogP contribution >= 0.6 is 7.82 Å². The molecule has 0 radical (unpaired) electrons. The fourth-order valence-corrected chi connectivity index (χ4v) is 5.88. The summed E-state index contributed by atoms with van der Waals surface area (Å²) in [6.07, 6.45) is 43.7. The Morgan fingerprint density at radius 1 is 0.600 bits per heavy atom. The van der Waals surface area contributed by atoms with Gasteiger partial charge in [0.2, 0.25) is 5.91 Å². The Kier molecular flexibility index (Phi) is 35.7. The van der Waals surface area contributed by atoms with Gasteiger partial charge in [0.25, 0.3) is 0 Å². The number of esters is 1. The number of carbonyl (C=O) groups is 3. The Labute approximate surface area is 331 Å². The van der Waals surface area contributed by atoms with Gasteiger partial charge in [0, 0.05) is 12.8 Å². The van der Waals surface area contributed by atoms with E-state index >= 15 is 0 Å². The van der Waals surface area contributed by atoms with E-state index in [1.165, 1.54) is 51.4 Å². The smallest absolute Gasteiger partial charge is 0.472 e. The minimum Gasteiger partial charge on any atom is -0.480 e. The zero-order chi connectivity index (χ0) is 40.7. The highest BCUT2D eigenvalue weighted by Gasteiger charge is 2.28. The summed E-state index contributed by atoms with van der Waals surface area (Å²) in [4.78, 5) is 45.7. The van der Waals surface area contributed by atoms with E-state index in [2.05, 4.69) is 73.8 Å². The van der Waals surface area contributed by atoms with Crippen LogP contribution in [0.5, 0.6) is 0 Å². The zero-order valence-electron chi connectivity index (χ0n) is 33.7. The van der Waals surface area contributed by atoms with Gasteiger partial charge in [-0.1, -0.05) is 157 Å². The third kappa shape index (κ3) is 37.6. The molecule has 0 rings (SSSR count). The van der Waals surface area contributed by atoms with Crippen LogP contribution in [0.1, 0.15) is 149 Å². The lowest BCUT2D eigenvalue weighted by atomic mass is 10.0. The fraction of sp³-hybridized carbons (Fsp3) is 0.651. The first-order chi connectivity index (χ1) is 26.6. The molecular weight excluding hydrogens is 721 g/mol. The van der Waals surface area contributed by atoms with Gasteiger partial charge in [-0.05, 0) is 51.4 Å². The molecule has 4 N–H and O–H groups in total. The van der Waals surface area contributed by atoms with Crippen LogP contribution in [0.4, 0.5) is 0 Å². The topological polar surface area (TPSA) is 169 Å². The molecule has 0 aromatic heterocycles. The monoisotopic (exact) mass is 793 g/mol. The summed E-state index contributed by atoms with van der Waals surface area (Å²) >= 11 is 0. The van der Waals surface area contributed by atoms with E-state index in [9.17, 15) is 34.1 Å². The minimum atomic E-state index is -4.77. The number of allylic oxidation sites excluding steroid dienone is 12. The molecule has 1 amide bonds. The number of hydrogen-bond donors (Lipinski definition) is 4. The second-order valence-corrected chi connectivity index (χ2v) is 14.9. The van der Waals surface area contributed by atoms with Crippen LogP contribution in [0.3, 0.4) is 0 Å². The van der Waals surface area contributed by atoms with Gasteiger partial charge in [0.15, 0.2) is 6.04 Å². The maximum Gasteiger partial charge on any atom is 0.472 e. The van der Waals surface area contributed by atoms with Gasteiger partial charge in [-0.15, -0.1) is 0 Å². The van der Waals surface area contributed by atoms with Crippen LogP contribution < -0.4 is 5.32 Å². The molecule has 0 aliphatic carbocycles. The highest BCUT2D eigenvalue weighted by molar-refractivity contribution is 7.47. The van der Waals surface area contributed by atoms with E-state index < -0.39 is 57.6 Å². The number of aliphatic carboxylic acids is 1. The van der Waals surface area contributed by atoms with Crippen molar-refractivity contribution in [3.63, 3.8) is 0 Å². The number of unbranched alkanes of at least 4 members (excludes halogenated alkanes) is 11. The molecule has 0 spiro atoms. The molecule has 0 aromatic rings. The summed E-state index contributed by atoms with van der Waals surface area (Å²) < 4.78 is 26.7. The van der Waals surface area contributed by atoms with E-state index in [0.29, 0.717) is 12.8 Å². The number of hydrogen-bond acceptors (Lipinski definition) is 8. The number of phosphoric ester groups is 1. The lowest BCUT2D eigenvalue weighted by Gasteiger charge is -2.18. The molecule has 12 heteroatoms. The predicted molar refractivity (Wildman–Crippen MR) is 221 cm³/mol. The number of amides is 1. The van der Waals surface area contributed by atoms with Gasteiger partial charge >= 0.3 is 19.8 Å². The number of carboxylic acids is 1. The number of carbonyl (C=O) groups excluding carboxylic acids is 2.